The van der Waals surface area contributed by atoms with Crippen LogP contribution in [0.1, 0.15) is 27.5 Å². The van der Waals surface area contributed by atoms with Crippen LogP contribution in [0.15, 0.2) is 75.8 Å². The standard InChI is InChI=1S/C24H17BrN4O3/c1-14-21(22(31)24-28-27-23(32-24)19-4-2-3-11-26-19)18-12-17(30)9-10-20(18)29(14)13-15-5-7-16(25)8-6-15/h2-12,30H,13H2,1H3. The molecule has 0 radical (unpaired) electrons. The molecular formula is C24H17BrN4O3. The van der Waals surface area contributed by atoms with E-state index in [1.807, 2.05) is 35.8 Å². The van der Waals surface area contributed by atoms with Crippen LogP contribution < -0.4 is 0 Å². The van der Waals surface area contributed by atoms with Crippen molar-refractivity contribution in [1.29, 1.82) is 0 Å². The van der Waals surface area contributed by atoms with Crippen molar-refractivity contribution >= 4 is 32.6 Å². The van der Waals surface area contributed by atoms with Crippen LogP contribution >= 0.6 is 15.9 Å². The van der Waals surface area contributed by atoms with E-state index in [4.69, 9.17) is 4.42 Å². The number of pyridine rings is 1. The lowest BCUT2D eigenvalue weighted by molar-refractivity contribution is 0.100. The highest BCUT2D eigenvalue weighted by atomic mass is 79.9. The number of phenolic OH excluding ortho intramolecular Hbond substituents is 1. The summed E-state index contributed by atoms with van der Waals surface area (Å²) in [6, 6.07) is 18.3. The van der Waals surface area contributed by atoms with Gasteiger partial charge in [-0.05, 0) is 55.0 Å². The summed E-state index contributed by atoms with van der Waals surface area (Å²) in [7, 11) is 0. The van der Waals surface area contributed by atoms with Crippen LogP contribution in [0.2, 0.25) is 0 Å². The van der Waals surface area contributed by atoms with Crippen LogP contribution in [0.4, 0.5) is 0 Å². The Kier molecular flexibility index (Phi) is 5.07. The van der Waals surface area contributed by atoms with Crippen molar-refractivity contribution in [1.82, 2.24) is 19.7 Å². The first-order valence-corrected chi connectivity index (χ1v) is 10.7. The summed E-state index contributed by atoms with van der Waals surface area (Å²) in [6.45, 7) is 2.44. The van der Waals surface area contributed by atoms with E-state index in [2.05, 4.69) is 31.1 Å². The molecule has 5 rings (SSSR count). The fraction of sp³-hybridized carbons (Fsp3) is 0.0833. The Morgan fingerprint density at radius 2 is 1.91 bits per heavy atom. The van der Waals surface area contributed by atoms with E-state index in [1.54, 1.807) is 42.6 Å². The van der Waals surface area contributed by atoms with Gasteiger partial charge in [0.25, 0.3) is 17.6 Å². The van der Waals surface area contributed by atoms with Crippen molar-refractivity contribution in [3.8, 4) is 17.3 Å². The molecule has 5 aromatic rings. The fourth-order valence-electron chi connectivity index (χ4n) is 3.75. The molecule has 3 aromatic heterocycles. The number of ketones is 1. The van der Waals surface area contributed by atoms with Gasteiger partial charge in [0.15, 0.2) is 0 Å². The molecule has 0 saturated heterocycles. The van der Waals surface area contributed by atoms with Crippen LogP contribution in [0, 0.1) is 6.92 Å². The number of nitrogens with zero attached hydrogens (tertiary/aromatic N) is 4. The van der Waals surface area contributed by atoms with E-state index in [0.29, 0.717) is 23.2 Å². The zero-order valence-electron chi connectivity index (χ0n) is 17.0. The second-order valence-electron chi connectivity index (χ2n) is 7.33. The molecular weight excluding hydrogens is 472 g/mol. The minimum Gasteiger partial charge on any atom is -0.508 e. The number of aromatic nitrogens is 4. The summed E-state index contributed by atoms with van der Waals surface area (Å²) in [5, 5.41) is 18.7. The lowest BCUT2D eigenvalue weighted by atomic mass is 10.1. The first-order chi connectivity index (χ1) is 15.5. The van der Waals surface area contributed by atoms with Gasteiger partial charge in [-0.1, -0.05) is 34.1 Å². The van der Waals surface area contributed by atoms with E-state index < -0.39 is 5.78 Å². The second-order valence-corrected chi connectivity index (χ2v) is 8.25. The molecule has 0 atom stereocenters. The molecule has 0 saturated carbocycles. The molecule has 7 nitrogen and oxygen atoms in total. The number of phenols is 1. The topological polar surface area (TPSA) is 94.0 Å². The zero-order valence-corrected chi connectivity index (χ0v) is 18.6. The molecule has 158 valence electrons. The van der Waals surface area contributed by atoms with Crippen molar-refractivity contribution < 1.29 is 14.3 Å². The molecule has 0 unspecified atom stereocenters. The number of hydrogen-bond acceptors (Lipinski definition) is 6. The summed E-state index contributed by atoms with van der Waals surface area (Å²) in [6.07, 6.45) is 1.61. The Bertz CT molecular complexity index is 1440. The third kappa shape index (κ3) is 3.58. The number of carbonyl (C=O) groups excluding carboxylic acids is 1. The largest absolute Gasteiger partial charge is 0.508 e. The highest BCUT2D eigenvalue weighted by Gasteiger charge is 2.26. The molecule has 0 amide bonds. The Morgan fingerprint density at radius 1 is 1.09 bits per heavy atom. The summed E-state index contributed by atoms with van der Waals surface area (Å²) in [4.78, 5) is 17.6. The second kappa shape index (κ2) is 8.05. The third-order valence-electron chi connectivity index (χ3n) is 5.29. The van der Waals surface area contributed by atoms with Crippen LogP contribution in [-0.2, 0) is 6.54 Å². The molecule has 0 aliphatic carbocycles. The minimum absolute atomic E-state index is 0.0760. The number of aromatic hydroxyl groups is 1. The van der Waals surface area contributed by atoms with Gasteiger partial charge in [-0.15, -0.1) is 10.2 Å². The van der Waals surface area contributed by atoms with E-state index >= 15 is 0 Å². The van der Waals surface area contributed by atoms with Crippen molar-refractivity contribution in [2.45, 2.75) is 13.5 Å². The van der Waals surface area contributed by atoms with Crippen molar-refractivity contribution in [3.05, 3.63) is 94.0 Å². The summed E-state index contributed by atoms with van der Waals surface area (Å²) in [5.74, 6) is -0.276. The van der Waals surface area contributed by atoms with Crippen molar-refractivity contribution in [3.63, 3.8) is 0 Å². The first-order valence-electron chi connectivity index (χ1n) is 9.87. The fourth-order valence-corrected chi connectivity index (χ4v) is 4.01. The predicted octanol–water partition coefficient (Wildman–Crippen LogP) is 5.14. The van der Waals surface area contributed by atoms with E-state index in [1.165, 1.54) is 0 Å². The molecule has 3 heterocycles. The number of rotatable bonds is 5. The van der Waals surface area contributed by atoms with Gasteiger partial charge in [0.1, 0.15) is 11.4 Å². The monoisotopic (exact) mass is 488 g/mol. The highest BCUT2D eigenvalue weighted by Crippen LogP contribution is 2.32. The van der Waals surface area contributed by atoms with Gasteiger partial charge in [0.2, 0.25) is 0 Å². The molecule has 0 bridgehead atoms. The van der Waals surface area contributed by atoms with Crippen LogP contribution in [-0.4, -0.2) is 30.6 Å². The molecule has 0 aliphatic heterocycles. The average molecular weight is 489 g/mol. The smallest absolute Gasteiger partial charge is 0.289 e. The summed E-state index contributed by atoms with van der Waals surface area (Å²) in [5.41, 5.74) is 3.57. The number of fused-ring (bicyclic) bond motifs is 1. The van der Waals surface area contributed by atoms with Crippen LogP contribution in [0.25, 0.3) is 22.5 Å². The van der Waals surface area contributed by atoms with E-state index in [9.17, 15) is 9.90 Å². The predicted molar refractivity (Wildman–Crippen MR) is 123 cm³/mol. The quantitative estimate of drug-likeness (QED) is 0.344. The molecule has 0 aliphatic rings. The molecule has 8 heteroatoms. The van der Waals surface area contributed by atoms with Crippen LogP contribution in [0.3, 0.4) is 0 Å². The maximum absolute atomic E-state index is 13.4. The number of halogens is 1. The molecule has 0 fully saturated rings. The maximum atomic E-state index is 13.4. The van der Waals surface area contributed by atoms with Crippen molar-refractivity contribution in [2.24, 2.45) is 0 Å². The van der Waals surface area contributed by atoms with Crippen molar-refractivity contribution in [2.75, 3.05) is 0 Å². The Morgan fingerprint density at radius 3 is 2.66 bits per heavy atom. The summed E-state index contributed by atoms with van der Waals surface area (Å²) < 4.78 is 8.69. The Labute approximate surface area is 191 Å². The SMILES string of the molecule is Cc1c(C(=O)c2nnc(-c3ccccn3)o2)c2cc(O)ccc2n1Cc1ccc(Br)cc1. The third-order valence-corrected chi connectivity index (χ3v) is 5.82. The van der Waals surface area contributed by atoms with E-state index in [0.717, 1.165) is 21.2 Å². The van der Waals surface area contributed by atoms with Gasteiger partial charge in [-0.3, -0.25) is 9.78 Å². The molecule has 2 aromatic carbocycles. The highest BCUT2D eigenvalue weighted by molar-refractivity contribution is 9.10. The zero-order chi connectivity index (χ0) is 22.2. The van der Waals surface area contributed by atoms with Gasteiger partial charge in [0.05, 0.1) is 5.56 Å². The number of benzene rings is 2. The first kappa shape index (κ1) is 20.1. The molecule has 32 heavy (non-hydrogen) atoms. The number of carbonyl (C=O) groups is 1. The van der Waals surface area contributed by atoms with Gasteiger partial charge in [0, 0.05) is 33.8 Å². The lowest BCUT2D eigenvalue weighted by Crippen LogP contribution is -2.06. The number of hydrogen-bond donors (Lipinski definition) is 1. The Hall–Kier alpha value is -3.78. The van der Waals surface area contributed by atoms with E-state index in [-0.39, 0.29) is 17.5 Å². The maximum Gasteiger partial charge on any atom is 0.289 e. The minimum atomic E-state index is -0.401. The van der Waals surface area contributed by atoms with Crippen LogP contribution in [0.5, 0.6) is 5.75 Å². The average Bonchev–Trinajstić information content (AvgIpc) is 3.39. The van der Waals surface area contributed by atoms with Gasteiger partial charge < -0.3 is 14.1 Å². The van der Waals surface area contributed by atoms with Gasteiger partial charge in [-0.25, -0.2) is 0 Å². The Balaban J connectivity index is 1.60. The molecule has 0 spiro atoms. The molecule has 1 N–H and O–H groups in total. The lowest BCUT2D eigenvalue weighted by Gasteiger charge is -2.09. The summed E-state index contributed by atoms with van der Waals surface area (Å²) >= 11 is 3.45. The normalized spacial score (nSPS) is 11.2. The van der Waals surface area contributed by atoms with Gasteiger partial charge in [-0.2, -0.15) is 0 Å². The van der Waals surface area contributed by atoms with Gasteiger partial charge >= 0.3 is 0 Å².